The predicted molar refractivity (Wildman–Crippen MR) is 158 cm³/mol. The molecular weight excluding hydrogens is 502 g/mol. The average molecular weight is 538 g/mol. The Hall–Kier alpha value is -4.37. The number of nitrogens with one attached hydrogen (secondary N) is 2. The third kappa shape index (κ3) is 5.24. The van der Waals surface area contributed by atoms with Gasteiger partial charge in [0.2, 0.25) is 0 Å². The summed E-state index contributed by atoms with van der Waals surface area (Å²) >= 11 is 0. The Morgan fingerprint density at radius 2 is 1.88 bits per heavy atom. The smallest absolute Gasteiger partial charge is 0.257 e. The fourth-order valence-corrected chi connectivity index (χ4v) is 5.58. The summed E-state index contributed by atoms with van der Waals surface area (Å²) in [5, 5.41) is 12.3. The predicted octanol–water partition coefficient (Wildman–Crippen LogP) is 4.94. The van der Waals surface area contributed by atoms with E-state index in [0.29, 0.717) is 40.8 Å². The zero-order valence-corrected chi connectivity index (χ0v) is 23.2. The normalized spacial score (nSPS) is 14.2. The minimum atomic E-state index is -0.216. The van der Waals surface area contributed by atoms with Crippen molar-refractivity contribution in [3.8, 4) is 5.75 Å². The number of fused-ring (bicyclic) bond motifs is 2. The SMILES string of the molecule is CCNC1CCN(c2ccc(C(=O)Nc3cc(OCc4ccccc4)c4nc(C)cn4c3)c3nn(C)cc23)CC1. The van der Waals surface area contributed by atoms with Gasteiger partial charge in [-0.05, 0) is 44.0 Å². The van der Waals surface area contributed by atoms with Gasteiger partial charge in [0, 0.05) is 61.9 Å². The molecule has 1 saturated heterocycles. The molecular formula is C31H35N7O2. The van der Waals surface area contributed by atoms with Crippen molar-refractivity contribution in [1.29, 1.82) is 0 Å². The molecule has 40 heavy (non-hydrogen) atoms. The molecule has 4 heterocycles. The lowest BCUT2D eigenvalue weighted by Crippen LogP contribution is -2.42. The zero-order chi connectivity index (χ0) is 27.6. The van der Waals surface area contributed by atoms with Crippen LogP contribution in [-0.4, -0.2) is 50.7 Å². The monoisotopic (exact) mass is 537 g/mol. The number of hydrogen-bond acceptors (Lipinski definition) is 6. The molecule has 206 valence electrons. The van der Waals surface area contributed by atoms with Crippen LogP contribution in [0.25, 0.3) is 16.6 Å². The number of benzene rings is 2. The second kappa shape index (κ2) is 11.0. The van der Waals surface area contributed by atoms with Crippen molar-refractivity contribution in [2.75, 3.05) is 29.9 Å². The van der Waals surface area contributed by atoms with Gasteiger partial charge < -0.3 is 24.7 Å². The van der Waals surface area contributed by atoms with Crippen molar-refractivity contribution < 1.29 is 9.53 Å². The van der Waals surface area contributed by atoms with Crippen LogP contribution in [0.1, 0.15) is 41.4 Å². The van der Waals surface area contributed by atoms with Crippen LogP contribution in [0, 0.1) is 6.92 Å². The highest BCUT2D eigenvalue weighted by atomic mass is 16.5. The van der Waals surface area contributed by atoms with E-state index in [1.54, 1.807) is 4.68 Å². The summed E-state index contributed by atoms with van der Waals surface area (Å²) in [6.45, 7) is 7.44. The molecule has 6 rings (SSSR count). The average Bonchev–Trinajstić information content (AvgIpc) is 3.53. The topological polar surface area (TPSA) is 88.7 Å². The molecule has 1 amide bonds. The largest absolute Gasteiger partial charge is 0.485 e. The minimum Gasteiger partial charge on any atom is -0.485 e. The van der Waals surface area contributed by atoms with Gasteiger partial charge in [0.25, 0.3) is 5.91 Å². The first-order valence-electron chi connectivity index (χ1n) is 13.9. The third-order valence-corrected chi connectivity index (χ3v) is 7.47. The van der Waals surface area contributed by atoms with Crippen LogP contribution in [0.3, 0.4) is 0 Å². The summed E-state index contributed by atoms with van der Waals surface area (Å²) in [6.07, 6.45) is 7.99. The maximum absolute atomic E-state index is 13.6. The summed E-state index contributed by atoms with van der Waals surface area (Å²) in [5.74, 6) is 0.389. The number of rotatable bonds is 8. The standard InChI is InChI=1S/C31H35N7O2/c1-4-32-23-12-14-37(15-13-23)27-11-10-25(29-26(27)19-36(3)35-29)31(39)34-24-16-28(30-33-21(2)17-38(30)18-24)40-20-22-8-6-5-7-9-22/h5-11,16-19,23,32H,4,12-15,20H2,1-3H3,(H,34,39). The molecule has 0 spiro atoms. The van der Waals surface area contributed by atoms with Crippen molar-refractivity contribution in [1.82, 2.24) is 24.5 Å². The zero-order valence-electron chi connectivity index (χ0n) is 23.2. The van der Waals surface area contributed by atoms with Gasteiger partial charge >= 0.3 is 0 Å². The quantitative estimate of drug-likeness (QED) is 0.292. The molecule has 3 aromatic heterocycles. The molecule has 0 unspecified atom stereocenters. The number of aromatic nitrogens is 4. The molecule has 0 saturated carbocycles. The van der Waals surface area contributed by atoms with Crippen molar-refractivity contribution in [2.45, 2.75) is 39.3 Å². The lowest BCUT2D eigenvalue weighted by molar-refractivity contribution is 0.102. The maximum atomic E-state index is 13.6. The van der Waals surface area contributed by atoms with Crippen LogP contribution in [0.5, 0.6) is 5.75 Å². The second-order valence-electron chi connectivity index (χ2n) is 10.5. The molecule has 1 aliphatic heterocycles. The third-order valence-electron chi connectivity index (χ3n) is 7.47. The molecule has 5 aromatic rings. The molecule has 0 aliphatic carbocycles. The molecule has 2 aromatic carbocycles. The Kier molecular flexibility index (Phi) is 7.13. The fraction of sp³-hybridized carbons (Fsp3) is 0.323. The Morgan fingerprint density at radius 1 is 1.07 bits per heavy atom. The Morgan fingerprint density at radius 3 is 2.65 bits per heavy atom. The van der Waals surface area contributed by atoms with Gasteiger partial charge in [-0.2, -0.15) is 5.10 Å². The molecule has 0 atom stereocenters. The number of amides is 1. The first-order valence-corrected chi connectivity index (χ1v) is 13.9. The number of nitrogens with zero attached hydrogens (tertiary/aromatic N) is 5. The van der Waals surface area contributed by atoms with Crippen molar-refractivity contribution >= 4 is 33.8 Å². The highest BCUT2D eigenvalue weighted by Crippen LogP contribution is 2.32. The van der Waals surface area contributed by atoms with Gasteiger partial charge in [0.1, 0.15) is 12.1 Å². The summed E-state index contributed by atoms with van der Waals surface area (Å²) < 4.78 is 9.84. The van der Waals surface area contributed by atoms with Crippen LogP contribution in [0.15, 0.2) is 67.1 Å². The van der Waals surface area contributed by atoms with Gasteiger partial charge in [0.15, 0.2) is 11.4 Å². The van der Waals surface area contributed by atoms with Gasteiger partial charge in [-0.25, -0.2) is 4.98 Å². The molecule has 1 aliphatic rings. The van der Waals surface area contributed by atoms with Gasteiger partial charge in [-0.15, -0.1) is 0 Å². The maximum Gasteiger partial charge on any atom is 0.257 e. The first-order chi connectivity index (χ1) is 19.5. The van der Waals surface area contributed by atoms with Gasteiger partial charge in [-0.3, -0.25) is 9.48 Å². The van der Waals surface area contributed by atoms with E-state index in [9.17, 15) is 4.79 Å². The van der Waals surface area contributed by atoms with Gasteiger partial charge in [-0.1, -0.05) is 37.3 Å². The molecule has 0 bridgehead atoms. The number of imidazole rings is 1. The van der Waals surface area contributed by atoms with E-state index in [2.05, 4.69) is 38.6 Å². The van der Waals surface area contributed by atoms with E-state index in [1.807, 2.05) is 79.4 Å². The second-order valence-corrected chi connectivity index (χ2v) is 10.5. The molecule has 9 heteroatoms. The van der Waals surface area contributed by atoms with Crippen LogP contribution >= 0.6 is 0 Å². The van der Waals surface area contributed by atoms with Gasteiger partial charge in [0.05, 0.1) is 16.9 Å². The number of hydrogen-bond donors (Lipinski definition) is 2. The Labute approximate surface area is 233 Å². The van der Waals surface area contributed by atoms with Crippen molar-refractivity contribution in [3.63, 3.8) is 0 Å². The molecule has 9 nitrogen and oxygen atoms in total. The molecule has 2 N–H and O–H groups in total. The van der Waals surface area contributed by atoms with E-state index in [0.717, 1.165) is 54.8 Å². The summed E-state index contributed by atoms with van der Waals surface area (Å²) in [7, 11) is 1.90. The summed E-state index contributed by atoms with van der Waals surface area (Å²) in [6, 6.07) is 16.3. The number of aryl methyl sites for hydroxylation is 2. The highest BCUT2D eigenvalue weighted by Gasteiger charge is 2.23. The Bertz CT molecular complexity index is 1650. The van der Waals surface area contributed by atoms with Crippen LogP contribution in [0.2, 0.25) is 0 Å². The molecule has 1 fully saturated rings. The van der Waals surface area contributed by atoms with E-state index < -0.39 is 0 Å². The van der Waals surface area contributed by atoms with Crippen LogP contribution in [0.4, 0.5) is 11.4 Å². The van der Waals surface area contributed by atoms with E-state index >= 15 is 0 Å². The lowest BCUT2D eigenvalue weighted by atomic mass is 10.0. The molecule has 0 radical (unpaired) electrons. The van der Waals surface area contributed by atoms with Crippen LogP contribution < -0.4 is 20.3 Å². The number of pyridine rings is 1. The minimum absolute atomic E-state index is 0.216. The fourth-order valence-electron chi connectivity index (χ4n) is 5.58. The Balaban J connectivity index is 1.26. The van der Waals surface area contributed by atoms with Crippen LogP contribution in [-0.2, 0) is 13.7 Å². The summed E-state index contributed by atoms with van der Waals surface area (Å²) in [5.41, 5.74) is 5.62. The first kappa shape index (κ1) is 25.9. The highest BCUT2D eigenvalue weighted by molar-refractivity contribution is 6.14. The van der Waals surface area contributed by atoms with Crippen molar-refractivity contribution in [2.24, 2.45) is 7.05 Å². The number of carbonyl (C=O) groups is 1. The number of ether oxygens (including phenoxy) is 1. The summed E-state index contributed by atoms with van der Waals surface area (Å²) in [4.78, 5) is 20.7. The lowest BCUT2D eigenvalue weighted by Gasteiger charge is -2.34. The number of carbonyl (C=O) groups excluding carboxylic acids is 1. The van der Waals surface area contributed by atoms with E-state index in [1.165, 1.54) is 0 Å². The van der Waals surface area contributed by atoms with E-state index in [-0.39, 0.29) is 5.91 Å². The van der Waals surface area contributed by atoms with E-state index in [4.69, 9.17) is 4.74 Å². The number of anilines is 2. The number of piperidine rings is 1. The van der Waals surface area contributed by atoms with Crippen molar-refractivity contribution in [3.05, 3.63) is 83.9 Å².